The Labute approximate surface area is 207 Å². The summed E-state index contributed by atoms with van der Waals surface area (Å²) >= 11 is 0. The average Bonchev–Trinajstić information content (AvgIpc) is 3.27. The topological polar surface area (TPSA) is 77.7 Å². The van der Waals surface area contributed by atoms with Crippen LogP contribution < -0.4 is 10.2 Å². The number of rotatable bonds is 7. The van der Waals surface area contributed by atoms with Crippen molar-refractivity contribution in [3.63, 3.8) is 0 Å². The number of nitrogens with one attached hydrogen (secondary N) is 2. The van der Waals surface area contributed by atoms with E-state index in [-0.39, 0.29) is 6.61 Å². The Kier molecular flexibility index (Phi) is 8.08. The summed E-state index contributed by atoms with van der Waals surface area (Å²) in [7, 11) is 0. The fourth-order valence-electron chi connectivity index (χ4n) is 4.82. The number of hydrogen-bond donors (Lipinski definition) is 2. The van der Waals surface area contributed by atoms with Crippen molar-refractivity contribution in [2.75, 3.05) is 36.5 Å². The molecule has 1 aliphatic heterocycles. The van der Waals surface area contributed by atoms with Gasteiger partial charge >= 0.3 is 12.1 Å². The Bertz CT molecular complexity index is 1130. The molecule has 1 aromatic heterocycles. The van der Waals surface area contributed by atoms with Crippen LogP contribution in [0.15, 0.2) is 54.7 Å². The minimum Gasteiger partial charge on any atom is -0.449 e. The third-order valence-corrected chi connectivity index (χ3v) is 6.45. The van der Waals surface area contributed by atoms with Gasteiger partial charge in [-0.25, -0.2) is 9.59 Å². The van der Waals surface area contributed by atoms with Crippen LogP contribution in [0.5, 0.6) is 0 Å². The van der Waals surface area contributed by atoms with E-state index < -0.39 is 12.1 Å². The van der Waals surface area contributed by atoms with Crippen LogP contribution in [0.25, 0.3) is 10.9 Å². The number of nitrogens with zero attached hydrogens (tertiary/aromatic N) is 2. The van der Waals surface area contributed by atoms with E-state index in [1.807, 2.05) is 31.2 Å². The maximum absolute atomic E-state index is 13.2. The number of urea groups is 1. The number of para-hydroxylation sites is 1. The molecule has 7 nitrogen and oxygen atoms in total. The highest BCUT2D eigenvalue weighted by Crippen LogP contribution is 2.34. The van der Waals surface area contributed by atoms with E-state index in [2.05, 4.69) is 35.2 Å². The molecule has 0 atom stereocenters. The Morgan fingerprint density at radius 2 is 1.89 bits per heavy atom. The van der Waals surface area contributed by atoms with E-state index in [4.69, 9.17) is 4.74 Å². The van der Waals surface area contributed by atoms with Crippen LogP contribution in [0.3, 0.4) is 0 Å². The summed E-state index contributed by atoms with van der Waals surface area (Å²) in [4.78, 5) is 32.9. The second kappa shape index (κ2) is 11.4. The molecular weight excluding hydrogens is 440 g/mol. The summed E-state index contributed by atoms with van der Waals surface area (Å²) < 4.78 is 5.27. The van der Waals surface area contributed by atoms with E-state index in [9.17, 15) is 9.59 Å². The molecule has 4 rings (SSSR count). The minimum atomic E-state index is -0.688. The second-order valence-electron chi connectivity index (χ2n) is 9.69. The zero-order valence-corrected chi connectivity index (χ0v) is 20.9. The van der Waals surface area contributed by atoms with Crippen LogP contribution in [0.1, 0.15) is 51.5 Å². The highest BCUT2D eigenvalue weighted by molar-refractivity contribution is 6.16. The monoisotopic (exact) mass is 476 g/mol. The van der Waals surface area contributed by atoms with Crippen LogP contribution >= 0.6 is 0 Å². The van der Waals surface area contributed by atoms with Crippen molar-refractivity contribution in [1.29, 1.82) is 0 Å². The Balaban J connectivity index is 1.52. The van der Waals surface area contributed by atoms with Crippen molar-refractivity contribution < 1.29 is 14.3 Å². The second-order valence-corrected chi connectivity index (χ2v) is 9.69. The normalized spacial score (nSPS) is 14.9. The van der Waals surface area contributed by atoms with Gasteiger partial charge in [-0.1, -0.05) is 39.0 Å². The van der Waals surface area contributed by atoms with Gasteiger partial charge in [-0.2, -0.15) is 4.90 Å². The molecule has 1 aliphatic rings. The van der Waals surface area contributed by atoms with E-state index in [1.54, 1.807) is 24.3 Å². The summed E-state index contributed by atoms with van der Waals surface area (Å²) in [6.07, 6.45) is 4.35. The molecule has 2 N–H and O–H groups in total. The number of fused-ring (bicyclic) bond motifs is 1. The first-order chi connectivity index (χ1) is 17.0. The number of carbonyl (C=O) groups is 2. The highest BCUT2D eigenvalue weighted by Gasteiger charge is 2.26. The molecule has 0 saturated carbocycles. The van der Waals surface area contributed by atoms with Crippen molar-refractivity contribution in [3.05, 3.63) is 60.3 Å². The lowest BCUT2D eigenvalue weighted by atomic mass is 9.89. The summed E-state index contributed by atoms with van der Waals surface area (Å²) in [5.74, 6) is 1.17. The van der Waals surface area contributed by atoms with Gasteiger partial charge in [0.1, 0.15) is 0 Å². The zero-order chi connectivity index (χ0) is 24.8. The van der Waals surface area contributed by atoms with Crippen molar-refractivity contribution in [3.8, 4) is 0 Å². The molecule has 3 aromatic rings. The molecule has 7 heteroatoms. The molecule has 3 amide bonds. The van der Waals surface area contributed by atoms with Gasteiger partial charge in [0.25, 0.3) is 0 Å². The van der Waals surface area contributed by atoms with Crippen molar-refractivity contribution in [1.82, 2.24) is 9.88 Å². The lowest BCUT2D eigenvalue weighted by molar-refractivity contribution is 0.155. The number of aromatic nitrogens is 1. The van der Waals surface area contributed by atoms with E-state index >= 15 is 0 Å². The quantitative estimate of drug-likeness (QED) is 0.403. The van der Waals surface area contributed by atoms with Crippen LogP contribution in [0.2, 0.25) is 0 Å². The Hall–Kier alpha value is -3.32. The van der Waals surface area contributed by atoms with Crippen LogP contribution in [0, 0.1) is 5.92 Å². The zero-order valence-electron chi connectivity index (χ0n) is 20.9. The molecule has 0 bridgehead atoms. The molecule has 186 valence electrons. The predicted octanol–water partition coefficient (Wildman–Crippen LogP) is 6.59. The van der Waals surface area contributed by atoms with Gasteiger partial charge in [0.15, 0.2) is 0 Å². The van der Waals surface area contributed by atoms with Crippen molar-refractivity contribution in [2.24, 2.45) is 5.92 Å². The smallest absolute Gasteiger partial charge is 0.422 e. The lowest BCUT2D eigenvalue weighted by Gasteiger charge is -2.33. The lowest BCUT2D eigenvalue weighted by Crippen LogP contribution is -2.40. The highest BCUT2D eigenvalue weighted by atomic mass is 16.6. The summed E-state index contributed by atoms with van der Waals surface area (Å²) in [6, 6.07) is 14.1. The van der Waals surface area contributed by atoms with Gasteiger partial charge in [0, 0.05) is 29.3 Å². The van der Waals surface area contributed by atoms with E-state index in [0.717, 1.165) is 48.3 Å². The summed E-state index contributed by atoms with van der Waals surface area (Å²) in [5.41, 5.74) is 3.44. The molecule has 35 heavy (non-hydrogen) atoms. The van der Waals surface area contributed by atoms with Gasteiger partial charge in [-0.15, -0.1) is 0 Å². The SMILES string of the molecule is CCCOC(=O)N(C(=O)Nc1ccc2[nH]cc(C3CCN(CC(C)C)CC3)c2c1)c1ccccc1. The fourth-order valence-corrected chi connectivity index (χ4v) is 4.82. The van der Waals surface area contributed by atoms with Gasteiger partial charge in [-0.05, 0) is 80.1 Å². The largest absolute Gasteiger partial charge is 0.449 e. The van der Waals surface area contributed by atoms with Gasteiger partial charge < -0.3 is 19.9 Å². The minimum absolute atomic E-state index is 0.254. The third kappa shape index (κ3) is 6.03. The van der Waals surface area contributed by atoms with Gasteiger partial charge in [0.2, 0.25) is 0 Å². The predicted molar refractivity (Wildman–Crippen MR) is 141 cm³/mol. The third-order valence-electron chi connectivity index (χ3n) is 6.45. The molecule has 2 heterocycles. The average molecular weight is 477 g/mol. The number of ether oxygens (including phenoxy) is 1. The molecule has 1 fully saturated rings. The van der Waals surface area contributed by atoms with Gasteiger partial charge in [-0.3, -0.25) is 0 Å². The van der Waals surface area contributed by atoms with E-state index in [0.29, 0.717) is 29.6 Å². The fraction of sp³-hybridized carbons (Fsp3) is 0.429. The number of hydrogen-bond acceptors (Lipinski definition) is 4. The molecular formula is C28H36N4O3. The Morgan fingerprint density at radius 3 is 2.57 bits per heavy atom. The number of piperidine rings is 1. The molecule has 0 spiro atoms. The van der Waals surface area contributed by atoms with Crippen LogP contribution in [-0.4, -0.2) is 48.2 Å². The number of imide groups is 1. The number of aromatic amines is 1. The number of anilines is 2. The molecule has 0 unspecified atom stereocenters. The van der Waals surface area contributed by atoms with E-state index in [1.165, 1.54) is 5.56 Å². The number of H-pyrrole nitrogens is 1. The standard InChI is InChI=1S/C28H36N4O3/c1-4-16-35-28(34)32(23-8-6-5-7-9-23)27(33)30-22-10-11-26-24(17-22)25(18-29-26)21-12-14-31(15-13-21)19-20(2)3/h5-11,17-18,20-21,29H,4,12-16,19H2,1-3H3,(H,30,33). The first kappa shape index (κ1) is 24.8. The van der Waals surface area contributed by atoms with Crippen molar-refractivity contribution in [2.45, 2.75) is 46.0 Å². The van der Waals surface area contributed by atoms with Gasteiger partial charge in [0.05, 0.1) is 12.3 Å². The maximum Gasteiger partial charge on any atom is 0.422 e. The number of likely N-dealkylation sites (tertiary alicyclic amines) is 1. The number of benzene rings is 2. The number of carbonyl (C=O) groups excluding carboxylic acids is 2. The summed E-state index contributed by atoms with van der Waals surface area (Å²) in [5, 5.41) is 4.02. The summed E-state index contributed by atoms with van der Waals surface area (Å²) in [6.45, 7) is 10.1. The molecule has 0 aliphatic carbocycles. The van der Waals surface area contributed by atoms with Crippen molar-refractivity contribution >= 4 is 34.4 Å². The first-order valence-electron chi connectivity index (χ1n) is 12.6. The maximum atomic E-state index is 13.2. The first-order valence-corrected chi connectivity index (χ1v) is 12.6. The molecule has 1 saturated heterocycles. The van der Waals surface area contributed by atoms with Crippen LogP contribution in [0.4, 0.5) is 21.0 Å². The molecule has 0 radical (unpaired) electrons. The number of amides is 3. The Morgan fingerprint density at radius 1 is 1.14 bits per heavy atom. The van der Waals surface area contributed by atoms with Crippen LogP contribution in [-0.2, 0) is 4.74 Å². The molecule has 2 aromatic carbocycles.